The van der Waals surface area contributed by atoms with Crippen molar-refractivity contribution in [3.8, 4) is 55.6 Å². The van der Waals surface area contributed by atoms with E-state index in [0.29, 0.717) is 17.2 Å². The summed E-state index contributed by atoms with van der Waals surface area (Å²) in [5.41, 5.74) is 10.4. The number of nitrogens with one attached hydrogen (secondary N) is 3. The van der Waals surface area contributed by atoms with Crippen LogP contribution in [0.1, 0.15) is 63.4 Å². The molecular formula is C54H58N6O8S. The molecule has 2 aliphatic heterocycles. The largest absolute Gasteiger partial charge is 0.493 e. The number of nitrogens with zero attached hydrogens (tertiary/aromatic N) is 3. The molecule has 0 unspecified atom stereocenters. The Kier molecular flexibility index (Phi) is 14.9. The average molecular weight is 951 g/mol. The molecule has 4 amide bonds. The van der Waals surface area contributed by atoms with E-state index in [1.54, 1.807) is 18.4 Å². The Morgan fingerprint density at radius 3 is 2.35 bits per heavy atom. The number of thiazole rings is 1. The van der Waals surface area contributed by atoms with Crippen LogP contribution in [0.25, 0.3) is 44.1 Å². The number of aryl methyl sites for hydroxylation is 1. The summed E-state index contributed by atoms with van der Waals surface area (Å²) in [6.45, 7) is 9.70. The molecule has 8 rings (SSSR count). The zero-order valence-electron chi connectivity index (χ0n) is 39.7. The highest BCUT2D eigenvalue weighted by atomic mass is 32.1. The maximum Gasteiger partial charge on any atom is 0.246 e. The van der Waals surface area contributed by atoms with Gasteiger partial charge in [-0.1, -0.05) is 99.6 Å². The third-order valence-electron chi connectivity index (χ3n) is 12.5. The summed E-state index contributed by atoms with van der Waals surface area (Å²) in [7, 11) is 1.56. The van der Waals surface area contributed by atoms with E-state index in [0.717, 1.165) is 60.9 Å². The first-order valence-corrected chi connectivity index (χ1v) is 24.0. The van der Waals surface area contributed by atoms with Gasteiger partial charge in [0.2, 0.25) is 23.6 Å². The lowest BCUT2D eigenvalue weighted by Crippen LogP contribution is -2.58. The van der Waals surface area contributed by atoms with E-state index in [9.17, 15) is 24.3 Å². The molecule has 0 saturated carbocycles. The second-order valence-corrected chi connectivity index (χ2v) is 19.3. The summed E-state index contributed by atoms with van der Waals surface area (Å²) in [5.74, 6) is -0.374. The van der Waals surface area contributed by atoms with Crippen molar-refractivity contribution >= 4 is 40.7 Å². The number of benzene rings is 4. The van der Waals surface area contributed by atoms with Crippen molar-refractivity contribution in [2.45, 2.75) is 78.1 Å². The predicted molar refractivity (Wildman–Crippen MR) is 267 cm³/mol. The fourth-order valence-electron chi connectivity index (χ4n) is 8.82. The number of para-hydroxylation sites is 1. The molecule has 69 heavy (non-hydrogen) atoms. The lowest BCUT2D eigenvalue weighted by molar-refractivity contribution is -0.144. The summed E-state index contributed by atoms with van der Waals surface area (Å²) >= 11 is 1.57. The maximum atomic E-state index is 14.2. The summed E-state index contributed by atoms with van der Waals surface area (Å²) < 4.78 is 17.7. The van der Waals surface area contributed by atoms with Gasteiger partial charge in [-0.3, -0.25) is 19.2 Å². The zero-order chi connectivity index (χ0) is 48.8. The molecule has 0 spiro atoms. The first-order valence-electron chi connectivity index (χ1n) is 23.1. The number of hydrogen-bond donors (Lipinski definition) is 4. The van der Waals surface area contributed by atoms with Gasteiger partial charge in [-0.25, -0.2) is 9.97 Å². The average Bonchev–Trinajstić information content (AvgIpc) is 3.92. The minimum absolute atomic E-state index is 0.0292. The molecule has 15 heteroatoms. The predicted octanol–water partition coefficient (Wildman–Crippen LogP) is 8.17. The highest BCUT2D eigenvalue weighted by Crippen LogP contribution is 2.42. The van der Waals surface area contributed by atoms with Crippen LogP contribution in [0.15, 0.2) is 109 Å². The lowest BCUT2D eigenvalue weighted by Gasteiger charge is -2.35. The maximum absolute atomic E-state index is 14.2. The van der Waals surface area contributed by atoms with E-state index in [1.165, 1.54) is 4.90 Å². The van der Waals surface area contributed by atoms with Crippen LogP contribution in [-0.4, -0.2) is 95.3 Å². The van der Waals surface area contributed by atoms with Gasteiger partial charge in [0.25, 0.3) is 0 Å². The van der Waals surface area contributed by atoms with E-state index < -0.39 is 35.4 Å². The molecule has 4 aromatic carbocycles. The molecule has 4 heterocycles. The molecule has 0 bridgehead atoms. The Labute approximate surface area is 406 Å². The number of amides is 4. The number of anilines is 1. The standard InChI is InChI=1S/C54H58N6O8S/c1-32(34-16-18-36(19-17-34)50-33(2)55-31-69-50)56-52(64)44-27-38(61)30-60(44)53(65)51(54(3,4)5)59-47(62)22-23-67-24-25-68-46-26-37(20-21-45(46)66-6)40-28-43(35-12-8-7-9-13-35)58-49-39-14-10-11-15-42(39)57-48(63)29-41(40)49/h7-21,26,28,31-32,38,44,51,61H,22-25,27,29-30H2,1-6H3,(H,56,64)(H,57,63)(H,59,62)/t32-,38+,44-,51+/m0/s1. The van der Waals surface area contributed by atoms with Gasteiger partial charge in [0, 0.05) is 30.5 Å². The first-order chi connectivity index (χ1) is 33.2. The summed E-state index contributed by atoms with van der Waals surface area (Å²) in [6.07, 6.45) is -0.715. The molecule has 2 aliphatic rings. The quantitative estimate of drug-likeness (QED) is 0.0691. The van der Waals surface area contributed by atoms with Crippen LogP contribution in [0.2, 0.25) is 0 Å². The van der Waals surface area contributed by atoms with Gasteiger partial charge in [-0.15, -0.1) is 11.3 Å². The van der Waals surface area contributed by atoms with Crippen molar-refractivity contribution in [3.63, 3.8) is 0 Å². The monoisotopic (exact) mass is 950 g/mol. The van der Waals surface area contributed by atoms with Crippen LogP contribution in [-0.2, 0) is 30.3 Å². The fourth-order valence-corrected chi connectivity index (χ4v) is 9.64. The smallest absolute Gasteiger partial charge is 0.246 e. The minimum Gasteiger partial charge on any atom is -0.493 e. The Balaban J connectivity index is 0.878. The number of β-amino-alcohol motifs (C(OH)–C–C–N with tert-alkyl or cyclic N) is 1. The summed E-state index contributed by atoms with van der Waals surface area (Å²) in [6, 6.07) is 30.9. The number of carbonyl (C=O) groups excluding carboxylic acids is 4. The van der Waals surface area contributed by atoms with Crippen LogP contribution in [0.3, 0.4) is 0 Å². The van der Waals surface area contributed by atoms with Gasteiger partial charge in [0.1, 0.15) is 18.7 Å². The molecule has 1 saturated heterocycles. The second-order valence-electron chi connectivity index (χ2n) is 18.5. The number of aliphatic hydroxyl groups excluding tert-OH is 1. The van der Waals surface area contributed by atoms with Crippen LogP contribution < -0.4 is 25.4 Å². The molecule has 1 fully saturated rings. The number of aliphatic hydroxyl groups is 1. The minimum atomic E-state index is -0.975. The molecule has 358 valence electrons. The normalized spacial score (nSPS) is 16.3. The van der Waals surface area contributed by atoms with Crippen LogP contribution in [0.5, 0.6) is 11.5 Å². The second kappa shape index (κ2) is 21.1. The van der Waals surface area contributed by atoms with Crippen molar-refractivity contribution in [1.82, 2.24) is 25.5 Å². The van der Waals surface area contributed by atoms with Crippen LogP contribution >= 0.6 is 11.3 Å². The molecule has 2 aromatic heterocycles. The first kappa shape index (κ1) is 48.5. The number of hydrogen-bond acceptors (Lipinski definition) is 11. The van der Waals surface area contributed by atoms with Crippen molar-refractivity contribution in [2.24, 2.45) is 5.41 Å². The molecule has 0 radical (unpaired) electrons. The van der Waals surface area contributed by atoms with Gasteiger partial charge >= 0.3 is 0 Å². The van der Waals surface area contributed by atoms with E-state index in [-0.39, 0.29) is 63.5 Å². The molecular weight excluding hydrogens is 893 g/mol. The molecule has 6 aromatic rings. The Bertz CT molecular complexity index is 2830. The number of fused-ring (bicyclic) bond motifs is 3. The molecule has 4 atom stereocenters. The molecule has 0 aliphatic carbocycles. The van der Waals surface area contributed by atoms with E-state index in [4.69, 9.17) is 19.2 Å². The number of likely N-dealkylation sites (tertiary alicyclic amines) is 1. The SMILES string of the molecule is COc1ccc(-c2cc(-c3ccccc3)nc3c2CC(=O)Nc2ccccc2-3)cc1OCCOCCC(=O)N[C@H](C(=O)N1C[C@H](O)C[C@H]1C(=O)N[C@@H](C)c1ccc(-c2scnc2C)cc1)C(C)(C)C. The van der Waals surface area contributed by atoms with Gasteiger partial charge in [-0.2, -0.15) is 0 Å². The highest BCUT2D eigenvalue weighted by molar-refractivity contribution is 7.13. The van der Waals surface area contributed by atoms with E-state index in [2.05, 4.69) is 20.9 Å². The van der Waals surface area contributed by atoms with Gasteiger partial charge in [0.15, 0.2) is 11.5 Å². The van der Waals surface area contributed by atoms with Crippen molar-refractivity contribution in [1.29, 1.82) is 0 Å². The third-order valence-corrected chi connectivity index (χ3v) is 13.5. The number of rotatable bonds is 16. The number of carbonyl (C=O) groups is 4. The third kappa shape index (κ3) is 11.2. The Morgan fingerprint density at radius 2 is 1.62 bits per heavy atom. The molecule has 14 nitrogen and oxygen atoms in total. The van der Waals surface area contributed by atoms with Gasteiger partial charge in [-0.05, 0) is 71.3 Å². The summed E-state index contributed by atoms with van der Waals surface area (Å²) in [5, 5.41) is 19.7. The topological polar surface area (TPSA) is 181 Å². The van der Waals surface area contributed by atoms with Crippen LogP contribution in [0.4, 0.5) is 5.69 Å². The van der Waals surface area contributed by atoms with Gasteiger partial charge < -0.3 is 40.2 Å². The van der Waals surface area contributed by atoms with Crippen LogP contribution in [0, 0.1) is 12.3 Å². The Hall–Kier alpha value is -6.94. The van der Waals surface area contributed by atoms with Gasteiger partial charge in [0.05, 0.1) is 72.0 Å². The fraction of sp³-hybridized carbons (Fsp3) is 0.333. The van der Waals surface area contributed by atoms with Crippen molar-refractivity contribution in [2.75, 3.05) is 38.8 Å². The summed E-state index contributed by atoms with van der Waals surface area (Å²) in [4.78, 5) is 66.5. The lowest BCUT2D eigenvalue weighted by atomic mass is 9.85. The number of ether oxygens (including phenoxy) is 3. The Morgan fingerprint density at radius 1 is 0.884 bits per heavy atom. The highest BCUT2D eigenvalue weighted by Gasteiger charge is 2.44. The number of aromatic nitrogens is 2. The zero-order valence-corrected chi connectivity index (χ0v) is 40.5. The van der Waals surface area contributed by atoms with Crippen molar-refractivity contribution < 1.29 is 38.5 Å². The number of methoxy groups -OCH3 is 1. The molecule has 4 N–H and O–H groups in total. The van der Waals surface area contributed by atoms with E-state index >= 15 is 0 Å². The van der Waals surface area contributed by atoms with Crippen molar-refractivity contribution in [3.05, 3.63) is 125 Å². The number of pyridine rings is 1. The van der Waals surface area contributed by atoms with E-state index in [1.807, 2.05) is 143 Å².